The Bertz CT molecular complexity index is 1080. The highest BCUT2D eigenvalue weighted by atomic mass is 16.3. The third kappa shape index (κ3) is 7.83. The molecule has 2 aromatic rings. The molecule has 0 saturated heterocycles. The second kappa shape index (κ2) is 13.0. The molecule has 3 N–H and O–H groups in total. The summed E-state index contributed by atoms with van der Waals surface area (Å²) in [6.45, 7) is 12.9. The van der Waals surface area contributed by atoms with Crippen LogP contribution in [0.5, 0.6) is 5.75 Å². The van der Waals surface area contributed by atoms with Crippen molar-refractivity contribution in [1.29, 1.82) is 0 Å². The smallest absolute Gasteiger partial charge is 0.319 e. The van der Waals surface area contributed by atoms with E-state index in [9.17, 15) is 9.90 Å². The fraction of sp³-hybridized carbons (Fsp3) is 0.639. The molecule has 4 nitrogen and oxygen atoms in total. The van der Waals surface area contributed by atoms with Crippen LogP contribution in [-0.4, -0.2) is 17.2 Å². The van der Waals surface area contributed by atoms with Crippen LogP contribution in [0.1, 0.15) is 128 Å². The largest absolute Gasteiger partial charge is 0.507 e. The van der Waals surface area contributed by atoms with Gasteiger partial charge in [-0.05, 0) is 89.5 Å². The summed E-state index contributed by atoms with van der Waals surface area (Å²) in [5.41, 5.74) is 4.97. The van der Waals surface area contributed by atoms with E-state index >= 15 is 0 Å². The first kappa shape index (κ1) is 30.5. The molecular formula is C36H54N2O2. The number of aromatic hydroxyl groups is 1. The van der Waals surface area contributed by atoms with E-state index < -0.39 is 0 Å². The summed E-state index contributed by atoms with van der Waals surface area (Å²) in [6.07, 6.45) is 14.5. The first-order chi connectivity index (χ1) is 18.9. The molecule has 4 rings (SSSR count). The lowest BCUT2D eigenvalue weighted by Gasteiger charge is -2.38. The summed E-state index contributed by atoms with van der Waals surface area (Å²) in [6, 6.07) is 12.8. The van der Waals surface area contributed by atoms with Crippen molar-refractivity contribution in [2.24, 2.45) is 11.8 Å². The number of benzene rings is 2. The molecule has 2 aromatic carbocycles. The highest BCUT2D eigenvalue weighted by Gasteiger charge is 2.33. The van der Waals surface area contributed by atoms with E-state index in [0.717, 1.165) is 35.2 Å². The second-order valence-electron chi connectivity index (χ2n) is 14.6. The maximum absolute atomic E-state index is 13.4. The molecule has 0 aliphatic heterocycles. The van der Waals surface area contributed by atoms with Gasteiger partial charge in [0, 0.05) is 11.7 Å². The zero-order chi connectivity index (χ0) is 28.9. The van der Waals surface area contributed by atoms with Crippen LogP contribution in [0.25, 0.3) is 0 Å². The van der Waals surface area contributed by atoms with Gasteiger partial charge in [-0.1, -0.05) is 110 Å². The fourth-order valence-electron chi connectivity index (χ4n) is 7.04. The Hall–Kier alpha value is -2.49. The molecule has 0 spiro atoms. The second-order valence-corrected chi connectivity index (χ2v) is 14.6. The first-order valence-corrected chi connectivity index (χ1v) is 16.0. The maximum Gasteiger partial charge on any atom is 0.319 e. The van der Waals surface area contributed by atoms with Crippen molar-refractivity contribution in [3.05, 3.63) is 58.7 Å². The number of carbonyl (C=O) groups is 1. The average Bonchev–Trinajstić information content (AvgIpc) is 2.91. The van der Waals surface area contributed by atoms with Gasteiger partial charge in [0.05, 0.1) is 0 Å². The number of hydrogen-bond donors (Lipinski definition) is 3. The number of carbonyl (C=O) groups excluding carboxylic acids is 1. The number of hydrogen-bond acceptors (Lipinski definition) is 2. The Morgan fingerprint density at radius 1 is 0.800 bits per heavy atom. The molecule has 0 radical (unpaired) electrons. The Labute approximate surface area is 243 Å². The van der Waals surface area contributed by atoms with Crippen molar-refractivity contribution in [3.63, 3.8) is 0 Å². The Kier molecular flexibility index (Phi) is 9.90. The van der Waals surface area contributed by atoms with E-state index in [0.29, 0.717) is 17.6 Å². The average molecular weight is 547 g/mol. The topological polar surface area (TPSA) is 61.4 Å². The van der Waals surface area contributed by atoms with Crippen LogP contribution < -0.4 is 10.6 Å². The highest BCUT2D eigenvalue weighted by molar-refractivity contribution is 5.90. The molecule has 40 heavy (non-hydrogen) atoms. The molecule has 2 saturated carbocycles. The lowest BCUT2D eigenvalue weighted by Crippen LogP contribution is -2.48. The molecule has 0 aromatic heterocycles. The molecule has 0 atom stereocenters. The summed E-state index contributed by atoms with van der Waals surface area (Å²) >= 11 is 0. The summed E-state index contributed by atoms with van der Waals surface area (Å²) in [5.74, 6) is 1.65. The van der Waals surface area contributed by atoms with Crippen molar-refractivity contribution in [1.82, 2.24) is 5.32 Å². The van der Waals surface area contributed by atoms with E-state index in [1.807, 2.05) is 12.1 Å². The van der Waals surface area contributed by atoms with Gasteiger partial charge < -0.3 is 15.7 Å². The minimum Gasteiger partial charge on any atom is -0.507 e. The molecule has 2 aliphatic rings. The molecule has 220 valence electrons. The number of amides is 2. The van der Waals surface area contributed by atoms with E-state index in [-0.39, 0.29) is 22.9 Å². The van der Waals surface area contributed by atoms with Crippen molar-refractivity contribution in [2.75, 3.05) is 5.32 Å². The summed E-state index contributed by atoms with van der Waals surface area (Å²) in [4.78, 5) is 13.4. The fourth-order valence-corrected chi connectivity index (χ4v) is 7.04. The zero-order valence-electron chi connectivity index (χ0n) is 26.0. The maximum atomic E-state index is 13.4. The summed E-state index contributed by atoms with van der Waals surface area (Å²) < 4.78 is 0. The van der Waals surface area contributed by atoms with Crippen LogP contribution in [0, 0.1) is 11.8 Å². The summed E-state index contributed by atoms with van der Waals surface area (Å²) in [5, 5.41) is 17.8. The Balaban J connectivity index is 1.49. The van der Waals surface area contributed by atoms with E-state index in [4.69, 9.17) is 0 Å². The normalized spacial score (nSPS) is 17.7. The quantitative estimate of drug-likeness (QED) is 0.324. The molecule has 2 amide bonds. The van der Waals surface area contributed by atoms with Gasteiger partial charge >= 0.3 is 6.03 Å². The number of nitrogens with one attached hydrogen (secondary N) is 2. The number of phenols is 1. The van der Waals surface area contributed by atoms with Crippen molar-refractivity contribution >= 4 is 11.7 Å². The van der Waals surface area contributed by atoms with Crippen molar-refractivity contribution < 1.29 is 9.90 Å². The standard InChI is InChI=1S/C36H54N2O2/c1-35(2,3)29-23-25(24-30(33(29)39)36(4,5)6)21-22-26-15-13-14-20-31(26)37-34(40)38-32(27-16-9-7-10-17-27)28-18-11-8-12-19-28/h13-15,20,23-24,27-28,32,39H,7-12,16-19,21-22H2,1-6H3,(H2,37,38,40). The van der Waals surface area contributed by atoms with Crippen molar-refractivity contribution in [2.45, 2.75) is 135 Å². The number of para-hydroxylation sites is 1. The Morgan fingerprint density at radius 2 is 1.30 bits per heavy atom. The van der Waals surface area contributed by atoms with E-state index in [1.54, 1.807) is 0 Å². The summed E-state index contributed by atoms with van der Waals surface area (Å²) in [7, 11) is 0. The molecule has 2 aliphatic carbocycles. The van der Waals surface area contributed by atoms with Crippen molar-refractivity contribution in [3.8, 4) is 5.75 Å². The number of aryl methyl sites for hydroxylation is 2. The number of anilines is 1. The van der Waals surface area contributed by atoms with Gasteiger partial charge in [-0.25, -0.2) is 4.79 Å². The molecular weight excluding hydrogens is 492 g/mol. The lowest BCUT2D eigenvalue weighted by molar-refractivity contribution is 0.174. The highest BCUT2D eigenvalue weighted by Crippen LogP contribution is 2.40. The SMILES string of the molecule is CC(C)(C)c1cc(CCc2ccccc2NC(=O)NC(C2CCCCC2)C2CCCCC2)cc(C(C)(C)C)c1O. The minimum atomic E-state index is -0.148. The van der Waals surface area contributed by atoms with Gasteiger partial charge in [-0.2, -0.15) is 0 Å². The minimum absolute atomic E-state index is 0.0525. The van der Waals surface area contributed by atoms with Crippen LogP contribution >= 0.6 is 0 Å². The van der Waals surface area contributed by atoms with Crippen LogP contribution in [0.2, 0.25) is 0 Å². The zero-order valence-corrected chi connectivity index (χ0v) is 26.0. The Morgan fingerprint density at radius 3 is 1.80 bits per heavy atom. The monoisotopic (exact) mass is 546 g/mol. The molecule has 0 unspecified atom stereocenters. The molecule has 4 heteroatoms. The van der Waals surface area contributed by atoms with Gasteiger partial charge in [0.15, 0.2) is 0 Å². The predicted molar refractivity (Wildman–Crippen MR) is 168 cm³/mol. The van der Waals surface area contributed by atoms with Crippen LogP contribution in [0.15, 0.2) is 36.4 Å². The first-order valence-electron chi connectivity index (χ1n) is 16.0. The number of phenolic OH excluding ortho intramolecular Hbond substituents is 1. The van der Waals surface area contributed by atoms with Gasteiger partial charge in [0.25, 0.3) is 0 Å². The third-order valence-electron chi connectivity index (χ3n) is 9.35. The number of urea groups is 1. The number of rotatable bonds is 7. The van der Waals surface area contributed by atoms with Crippen LogP contribution in [-0.2, 0) is 23.7 Å². The third-order valence-corrected chi connectivity index (χ3v) is 9.35. The van der Waals surface area contributed by atoms with Crippen LogP contribution in [0.3, 0.4) is 0 Å². The molecule has 0 bridgehead atoms. The van der Waals surface area contributed by atoms with Gasteiger partial charge in [-0.3, -0.25) is 0 Å². The van der Waals surface area contributed by atoms with Crippen LogP contribution in [0.4, 0.5) is 10.5 Å². The van der Waals surface area contributed by atoms with E-state index in [2.05, 4.69) is 76.4 Å². The molecule has 2 fully saturated rings. The predicted octanol–water partition coefficient (Wildman–Crippen LogP) is 9.42. The molecule has 0 heterocycles. The lowest BCUT2D eigenvalue weighted by atomic mass is 9.74. The van der Waals surface area contributed by atoms with Gasteiger partial charge in [-0.15, -0.1) is 0 Å². The van der Waals surface area contributed by atoms with E-state index in [1.165, 1.54) is 69.8 Å². The van der Waals surface area contributed by atoms with Gasteiger partial charge in [0.2, 0.25) is 0 Å². The van der Waals surface area contributed by atoms with Gasteiger partial charge in [0.1, 0.15) is 5.75 Å².